The topological polar surface area (TPSA) is 361 Å². The number of likely N-dealkylation sites (N-methyl/N-ethyl adjacent to an activating group) is 1. The molecule has 1 unspecified atom stereocenters. The molecule has 0 radical (unpaired) electrons. The maximum Gasteiger partial charge on any atom is 0.328 e. The number of nitrogens with two attached hydrogens (primary N) is 1. The van der Waals surface area contributed by atoms with Crippen LogP contribution in [0.5, 0.6) is 0 Å². The van der Waals surface area contributed by atoms with E-state index in [1.807, 2.05) is 99.8 Å². The number of piperidine rings is 3. The zero-order valence-corrected chi connectivity index (χ0v) is 71.4. The molecule has 6 aromatic heterocycles. The summed E-state index contributed by atoms with van der Waals surface area (Å²) in [6.07, 6.45) is 18.4. The van der Waals surface area contributed by atoms with Crippen molar-refractivity contribution >= 4 is 134 Å². The van der Waals surface area contributed by atoms with Crippen LogP contribution in [0.4, 0.5) is 28.8 Å². The number of carbonyl (C=O) groups excluding carboxylic acids is 4. The molecule has 3 amide bonds. The van der Waals surface area contributed by atoms with Gasteiger partial charge >= 0.3 is 5.97 Å². The lowest BCUT2D eigenvalue weighted by Crippen LogP contribution is -2.39. The molecule has 5 aliphatic heterocycles. The van der Waals surface area contributed by atoms with Gasteiger partial charge in [0.25, 0.3) is 17.7 Å². The molecule has 5 aliphatic rings. The monoisotopic (exact) mass is 1710 g/mol. The molecule has 0 saturated carbocycles. The Balaban J connectivity index is 0.000000153. The summed E-state index contributed by atoms with van der Waals surface area (Å²) >= 11 is 18.6. The summed E-state index contributed by atoms with van der Waals surface area (Å²) in [7, 11) is -7.14. The molecule has 11 heterocycles. The van der Waals surface area contributed by atoms with E-state index >= 15 is 0 Å². The van der Waals surface area contributed by atoms with Gasteiger partial charge in [-0.1, -0.05) is 78.1 Å². The summed E-state index contributed by atoms with van der Waals surface area (Å²) in [5.74, 6) is 1.35. The SMILES string of the molecule is CN[C@@H]1CCN(c2nc3cc([C@@H]4CCCCN4C(=O)c4cc(Cl)ccc4NS(C)(=O)=O)nn3cc2C)C1.COC(=O)[C@H]1C[C@H](C)CN1c1nc2cc([C@@H]3CCCCN3C(=O)c3cc(Cl)ccc3CS(C)(=O)=O)nn2cc1C.Cc1cn2nc([C@@H]3CCCCN3C(=O)c3cc(Cl)ccc3NS(C)(=O)=O)cc2nc1NC(CN)c1ccccc1. The number of esters is 1. The standard InChI is InChI=1S/C28H32ClN7O3S.C28H34ClN5O5S.C25H32ClN7O3S/c1-18-17-36-26(32-27(18)31-24(16-30)19-8-4-3-5-9-19)15-23(33-36)25-10-6-7-13-35(25)28(37)21-14-20(29)11-12-22(21)34-40(2,38)39;1-17-11-24(28(36)39-3)33(14-17)26-18(2)15-34-25(30-26)13-22(31-34)23-7-5-6-10-32(23)27(35)21-12-20(29)9-8-19(21)16-40(4,37)38;1-16-14-33-23(28-24(16)31-11-9-18(15-31)27-2)13-21(29-33)22-6-4-5-10-32(22)25(34)19-12-17(26)7-8-20(19)30-37(3,35)36/h3-5,8-9,11-12,14-15,17,24-25,34H,6-7,10,13,16,30H2,1-2H3,(H,31,32);8-9,12-13,15,17,23-24H,5-7,10-11,14,16H2,1-4H3;7-8,12-14,18,22,27,30H,4-6,9-11,15H2,1-3H3/t24?,25-;17-,23-,24+;18-,22+/m001/s1. The maximum atomic E-state index is 13.9. The van der Waals surface area contributed by atoms with Crippen LogP contribution < -0.4 is 35.6 Å². The molecule has 36 heteroatoms. The molecule has 117 heavy (non-hydrogen) atoms. The van der Waals surface area contributed by atoms with Crippen LogP contribution in [0.3, 0.4) is 0 Å². The second-order valence-corrected chi connectivity index (χ2v) is 38.0. The van der Waals surface area contributed by atoms with E-state index in [9.17, 15) is 44.4 Å². The van der Waals surface area contributed by atoms with E-state index in [4.69, 9.17) is 75.5 Å². The van der Waals surface area contributed by atoms with Gasteiger partial charge in [-0.3, -0.25) is 23.8 Å². The fraction of sp³-hybridized carbons (Fsp3) is 0.432. The number of likely N-dealkylation sites (tertiary alicyclic amines) is 3. The van der Waals surface area contributed by atoms with Crippen LogP contribution in [0.2, 0.25) is 15.1 Å². The lowest BCUT2D eigenvalue weighted by atomic mass is 9.97. The Labute approximate surface area is 696 Å². The summed E-state index contributed by atoms with van der Waals surface area (Å²) in [5.41, 5.74) is 15.7. The minimum atomic E-state index is -3.60. The van der Waals surface area contributed by atoms with Crippen molar-refractivity contribution in [2.45, 2.75) is 140 Å². The number of fused-ring (bicyclic) bond motifs is 3. The van der Waals surface area contributed by atoms with Gasteiger partial charge in [-0.15, -0.1) is 0 Å². The molecule has 622 valence electrons. The lowest BCUT2D eigenvalue weighted by Gasteiger charge is -2.35. The summed E-state index contributed by atoms with van der Waals surface area (Å²) in [6, 6.07) is 28.7. The van der Waals surface area contributed by atoms with Gasteiger partial charge in [0.15, 0.2) is 26.8 Å². The summed E-state index contributed by atoms with van der Waals surface area (Å²) in [6.45, 7) is 12.6. The van der Waals surface area contributed by atoms with Gasteiger partial charge in [-0.2, -0.15) is 15.3 Å². The fourth-order valence-electron chi connectivity index (χ4n) is 16.3. The molecule has 5 saturated heterocycles. The number of sulfonamides is 2. The molecular weight excluding hydrogens is 1620 g/mol. The van der Waals surface area contributed by atoms with Gasteiger partial charge in [0.1, 0.15) is 23.5 Å². The number of hydrogen-bond acceptors (Lipinski definition) is 22. The van der Waals surface area contributed by atoms with Gasteiger partial charge in [-0.05, 0) is 164 Å². The number of anilines is 5. The Morgan fingerprint density at radius 2 is 1.01 bits per heavy atom. The van der Waals surface area contributed by atoms with Crippen LogP contribution in [0, 0.1) is 26.7 Å². The van der Waals surface area contributed by atoms with E-state index in [1.165, 1.54) is 31.4 Å². The number of benzene rings is 4. The third kappa shape index (κ3) is 20.0. The number of nitrogens with one attached hydrogen (secondary N) is 4. The Morgan fingerprint density at radius 1 is 0.556 bits per heavy atom. The number of carbonyl (C=O) groups is 4. The molecule has 30 nitrogen and oxygen atoms in total. The number of rotatable bonds is 20. The quantitative estimate of drug-likeness (QED) is 0.0442. The van der Waals surface area contributed by atoms with Crippen LogP contribution in [0.15, 0.2) is 122 Å². The van der Waals surface area contributed by atoms with E-state index in [0.717, 1.165) is 147 Å². The second-order valence-electron chi connectivity index (χ2n) is 31.0. The van der Waals surface area contributed by atoms with Gasteiger partial charge in [0, 0.05) is 132 Å². The van der Waals surface area contributed by atoms with Crippen molar-refractivity contribution in [3.8, 4) is 0 Å². The number of ether oxygens (including phenoxy) is 1. The van der Waals surface area contributed by atoms with E-state index < -0.39 is 29.9 Å². The van der Waals surface area contributed by atoms with Gasteiger partial charge in [-0.25, -0.2) is 58.5 Å². The highest BCUT2D eigenvalue weighted by atomic mass is 35.5. The Hall–Kier alpha value is -9.74. The summed E-state index contributed by atoms with van der Waals surface area (Å²) < 4.78 is 87.0. The first-order chi connectivity index (χ1) is 55.7. The maximum absolute atomic E-state index is 13.9. The fourth-order valence-corrected chi connectivity index (χ4v) is 18.8. The number of sulfone groups is 1. The highest BCUT2D eigenvalue weighted by molar-refractivity contribution is 7.92. The van der Waals surface area contributed by atoms with Crippen molar-refractivity contribution in [1.82, 2.24) is 63.8 Å². The highest BCUT2D eigenvalue weighted by Crippen LogP contribution is 2.40. The molecule has 4 aromatic carbocycles. The number of aromatic nitrogens is 9. The molecule has 15 rings (SSSR count). The van der Waals surface area contributed by atoms with Crippen LogP contribution in [-0.2, 0) is 45.2 Å². The summed E-state index contributed by atoms with van der Waals surface area (Å²) in [4.78, 5) is 78.2. The lowest BCUT2D eigenvalue weighted by molar-refractivity contribution is -0.142. The summed E-state index contributed by atoms with van der Waals surface area (Å²) in [5, 5.41) is 22.3. The molecule has 0 aliphatic carbocycles. The van der Waals surface area contributed by atoms with E-state index in [-0.39, 0.29) is 82.2 Å². The van der Waals surface area contributed by atoms with E-state index in [2.05, 4.69) is 31.9 Å². The Bertz CT molecular complexity index is 5760. The molecule has 6 N–H and O–H groups in total. The third-order valence-corrected chi connectivity index (χ3v) is 24.6. The van der Waals surface area contributed by atoms with E-state index in [0.29, 0.717) is 100 Å². The number of hydrogen-bond donors (Lipinski definition) is 5. The minimum Gasteiger partial charge on any atom is -0.467 e. The largest absolute Gasteiger partial charge is 0.467 e. The third-order valence-electron chi connectivity index (χ3n) is 21.8. The van der Waals surface area contributed by atoms with Crippen molar-refractivity contribution in [3.63, 3.8) is 0 Å². The smallest absolute Gasteiger partial charge is 0.328 e. The number of halogens is 3. The van der Waals surface area contributed by atoms with Crippen molar-refractivity contribution in [2.24, 2.45) is 11.7 Å². The van der Waals surface area contributed by atoms with Crippen molar-refractivity contribution in [1.29, 1.82) is 0 Å². The molecule has 5 fully saturated rings. The van der Waals surface area contributed by atoms with Crippen molar-refractivity contribution in [3.05, 3.63) is 198 Å². The Kier molecular flexibility index (Phi) is 26.1. The van der Waals surface area contributed by atoms with Gasteiger partial charge < -0.3 is 45.6 Å². The normalized spacial score (nSPS) is 19.6. The molecule has 0 bridgehead atoms. The number of amides is 3. The van der Waals surface area contributed by atoms with Crippen molar-refractivity contribution < 1.29 is 49.2 Å². The Morgan fingerprint density at radius 3 is 1.47 bits per heavy atom. The van der Waals surface area contributed by atoms with Gasteiger partial charge in [0.2, 0.25) is 20.0 Å². The van der Waals surface area contributed by atoms with Crippen LogP contribution in [0.25, 0.3) is 16.9 Å². The van der Waals surface area contributed by atoms with Crippen LogP contribution in [0.1, 0.15) is 178 Å². The first kappa shape index (κ1) is 85.2. The van der Waals surface area contributed by atoms with Gasteiger partial charge in [0.05, 0.1) is 89.1 Å². The van der Waals surface area contributed by atoms with Crippen LogP contribution >= 0.6 is 34.8 Å². The second kappa shape index (κ2) is 35.8. The molecular formula is C81H98Cl3N19O11S3. The average Bonchev–Trinajstić information content (AvgIpc) is 1.67. The average molecular weight is 1720 g/mol. The highest BCUT2D eigenvalue weighted by Gasteiger charge is 2.40. The number of methoxy groups -OCH3 is 1. The first-order valence-electron chi connectivity index (χ1n) is 39.0. The van der Waals surface area contributed by atoms with Crippen LogP contribution in [-0.4, -0.2) is 198 Å². The van der Waals surface area contributed by atoms with E-state index in [1.54, 1.807) is 58.6 Å². The molecule has 0 spiro atoms. The minimum absolute atomic E-state index is 0.101. The number of aryl methyl sites for hydroxylation is 3. The molecule has 7 atom stereocenters. The van der Waals surface area contributed by atoms with Crippen molar-refractivity contribution in [2.75, 3.05) is 103 Å². The predicted molar refractivity (Wildman–Crippen MR) is 454 cm³/mol. The number of nitrogens with zero attached hydrogens (tertiary/aromatic N) is 14. The zero-order valence-electron chi connectivity index (χ0n) is 66.7. The predicted octanol–water partition coefficient (Wildman–Crippen LogP) is 11.8. The first-order valence-corrected chi connectivity index (χ1v) is 46.0. The zero-order chi connectivity index (χ0) is 83.5. The molecule has 10 aromatic rings.